The van der Waals surface area contributed by atoms with Crippen molar-refractivity contribution < 1.29 is 56.5 Å². The number of nitrogen functional groups attached to an aromatic ring is 1. The van der Waals surface area contributed by atoms with Crippen LogP contribution in [0.2, 0.25) is 0 Å². The van der Waals surface area contributed by atoms with Crippen LogP contribution in [0.15, 0.2) is 17.8 Å². The van der Waals surface area contributed by atoms with Gasteiger partial charge < -0.3 is 35.4 Å². The highest BCUT2D eigenvalue weighted by Gasteiger charge is 2.47. The fourth-order valence-electron chi connectivity index (χ4n) is 3.58. The molecular weight excluding hydrogens is 603 g/mol. The fourth-order valence-corrected chi connectivity index (χ4v) is 7.33. The van der Waals surface area contributed by atoms with Gasteiger partial charge in [-0.25, -0.2) is 33.7 Å². The van der Waals surface area contributed by atoms with Gasteiger partial charge in [-0.2, -0.15) is 8.62 Å². The first-order valence-electron chi connectivity index (χ1n) is 11.5. The highest BCUT2D eigenvalue weighted by molar-refractivity contribution is 7.67. The van der Waals surface area contributed by atoms with Gasteiger partial charge in [0.15, 0.2) is 17.7 Å². The summed E-state index contributed by atoms with van der Waals surface area (Å²) in [4.78, 5) is 43.7. The van der Waals surface area contributed by atoms with E-state index in [0.717, 1.165) is 6.33 Å². The van der Waals surface area contributed by atoms with Crippen LogP contribution < -0.4 is 10.8 Å². The maximum Gasteiger partial charge on any atom is 0.489 e. The van der Waals surface area contributed by atoms with Crippen molar-refractivity contribution in [2.45, 2.75) is 50.2 Å². The van der Waals surface area contributed by atoms with Crippen molar-refractivity contribution in [3.05, 3.63) is 23.1 Å². The number of phosphoric acid groups is 2. The van der Waals surface area contributed by atoms with Gasteiger partial charge in [-0.15, -0.1) is 0 Å². The predicted molar refractivity (Wildman–Crippen MR) is 134 cm³/mol. The molecule has 2 aromatic rings. The minimum atomic E-state index is -5.63. The molecule has 1 fully saturated rings. The number of fused-ring (bicyclic) bond motifs is 1. The van der Waals surface area contributed by atoms with E-state index in [4.69, 9.17) is 16.0 Å². The molecule has 8 N–H and O–H groups in total. The average molecular weight is 631 g/mol. The summed E-state index contributed by atoms with van der Waals surface area (Å²) in [5, 5.41) is 26.1. The summed E-state index contributed by atoms with van der Waals surface area (Å²) < 4.78 is 55.9. The molecule has 0 amide bonds. The highest BCUT2D eigenvalue weighted by atomic mass is 31.3. The third-order valence-electron chi connectivity index (χ3n) is 5.38. The zero-order valence-corrected chi connectivity index (χ0v) is 23.2. The molecule has 1 aliphatic rings. The normalized spacial score (nSPS) is 25.6. The van der Waals surface area contributed by atoms with Crippen LogP contribution in [0.1, 0.15) is 31.9 Å². The number of aliphatic hydroxyl groups excluding tert-OH is 2. The van der Waals surface area contributed by atoms with Gasteiger partial charge in [0.05, 0.1) is 12.9 Å². The molecule has 3 unspecified atom stereocenters. The molecule has 24 heteroatoms. The van der Waals surface area contributed by atoms with Crippen molar-refractivity contribution >= 4 is 40.4 Å². The van der Waals surface area contributed by atoms with Gasteiger partial charge >= 0.3 is 23.4 Å². The van der Waals surface area contributed by atoms with Gasteiger partial charge in [0.25, 0.3) is 0 Å². The van der Waals surface area contributed by atoms with Crippen LogP contribution in [0, 0.1) is 0 Å². The van der Waals surface area contributed by atoms with Gasteiger partial charge in [-0.3, -0.25) is 9.09 Å². The average Bonchev–Trinajstić information content (AvgIpc) is 3.40. The molecule has 3 heterocycles. The number of azide groups is 1. The summed E-state index contributed by atoms with van der Waals surface area (Å²) in [6.45, 7) is -0.742. The van der Waals surface area contributed by atoms with Gasteiger partial charge in [-0.1, -0.05) is 18.0 Å². The van der Waals surface area contributed by atoms with Gasteiger partial charge in [0.2, 0.25) is 0 Å². The molecule has 0 radical (unpaired) electrons. The Bertz CT molecular complexity index is 1360. The molecule has 2 aromatic heterocycles. The maximum absolute atomic E-state index is 12.2. The molecule has 1 saturated heterocycles. The van der Waals surface area contributed by atoms with Crippen LogP contribution in [0.4, 0.5) is 5.82 Å². The van der Waals surface area contributed by atoms with E-state index >= 15 is 0 Å². The number of rotatable bonds is 16. The number of aliphatic hydroxyl groups is 2. The van der Waals surface area contributed by atoms with Crippen LogP contribution in [0.25, 0.3) is 21.6 Å². The van der Waals surface area contributed by atoms with Crippen molar-refractivity contribution in [2.24, 2.45) is 5.11 Å². The van der Waals surface area contributed by atoms with Crippen molar-refractivity contribution in [3.63, 3.8) is 0 Å². The van der Waals surface area contributed by atoms with Crippen LogP contribution in [0.3, 0.4) is 0 Å². The Labute approximate surface area is 225 Å². The van der Waals surface area contributed by atoms with E-state index in [2.05, 4.69) is 38.1 Å². The SMILES string of the molecule is [N-]=[N+]=NCCCCCCNP(=O)(O)OP(=O)(O)OP(=O)(O)OC[C@H]1O[C@H](n2cnc3c(N)ncnc32)[C@H](O)[C@@H]1O. The number of anilines is 1. The smallest absolute Gasteiger partial charge is 0.387 e. The second-order valence-electron chi connectivity index (χ2n) is 8.32. The number of nitrogens with two attached hydrogens (primary N) is 1. The quantitative estimate of drug-likeness (QED) is 0.0443. The Kier molecular flexibility index (Phi) is 11.2. The van der Waals surface area contributed by atoms with Gasteiger partial charge in [-0.05, 0) is 18.4 Å². The Morgan fingerprint density at radius 1 is 1.07 bits per heavy atom. The first-order valence-corrected chi connectivity index (χ1v) is 16.1. The number of hydrogen-bond acceptors (Lipinski definition) is 14. The summed E-state index contributed by atoms with van der Waals surface area (Å²) in [6.07, 6.45) is -1.45. The monoisotopic (exact) mass is 631 g/mol. The first-order chi connectivity index (χ1) is 18.8. The van der Waals surface area contributed by atoms with E-state index in [1.807, 2.05) is 5.09 Å². The molecule has 40 heavy (non-hydrogen) atoms. The van der Waals surface area contributed by atoms with Crippen molar-refractivity contribution in [2.75, 3.05) is 25.4 Å². The molecular formula is C16H28N9O12P3. The molecule has 0 bridgehead atoms. The standard InChI is InChI=1S/C16H28N9O12P3/c17-14-11-15(20-8-19-14)25(9-21-11)16-13(27)12(26)10(35-16)7-34-39(30,31)37-40(32,33)36-38(28,29)23-6-4-2-1-3-5-22-24-18/h8-10,12-13,16,26-27H,1-7H2,(H,30,31)(H,32,33)(H2,17,19,20)(H2,23,28,29)/t10-,12-,13-,16+/m1/s1. The topological polar surface area (TPSA) is 320 Å². The number of nitrogens with zero attached hydrogens (tertiary/aromatic N) is 7. The van der Waals surface area contributed by atoms with Gasteiger partial charge in [0.1, 0.15) is 30.2 Å². The van der Waals surface area contributed by atoms with E-state index in [9.17, 15) is 38.6 Å². The molecule has 224 valence electrons. The lowest BCUT2D eigenvalue weighted by Gasteiger charge is -2.20. The van der Waals surface area contributed by atoms with E-state index in [0.29, 0.717) is 32.2 Å². The lowest BCUT2D eigenvalue weighted by Crippen LogP contribution is -2.33. The highest BCUT2D eigenvalue weighted by Crippen LogP contribution is 2.66. The minimum absolute atomic E-state index is 0.0483. The number of nitrogens with one attached hydrogen (secondary N) is 1. The van der Waals surface area contributed by atoms with Crippen LogP contribution in [-0.4, -0.2) is 82.4 Å². The van der Waals surface area contributed by atoms with Crippen LogP contribution in [0.5, 0.6) is 0 Å². The number of ether oxygens (including phenoxy) is 1. The third-order valence-corrected chi connectivity index (χ3v) is 9.84. The van der Waals surface area contributed by atoms with E-state index in [1.165, 1.54) is 10.9 Å². The van der Waals surface area contributed by atoms with Crippen molar-refractivity contribution in [3.8, 4) is 0 Å². The van der Waals surface area contributed by atoms with E-state index in [1.54, 1.807) is 0 Å². The molecule has 7 atom stereocenters. The predicted octanol–water partition coefficient (Wildman–Crippen LogP) is 0.839. The minimum Gasteiger partial charge on any atom is -0.387 e. The van der Waals surface area contributed by atoms with Crippen molar-refractivity contribution in [1.82, 2.24) is 24.6 Å². The summed E-state index contributed by atoms with van der Waals surface area (Å²) >= 11 is 0. The molecule has 21 nitrogen and oxygen atoms in total. The second kappa shape index (κ2) is 13.7. The summed E-state index contributed by atoms with van der Waals surface area (Å²) in [5.41, 5.74) is 14.3. The van der Waals surface area contributed by atoms with Gasteiger partial charge in [0, 0.05) is 18.0 Å². The molecule has 3 rings (SSSR count). The number of aromatic nitrogens is 4. The lowest BCUT2D eigenvalue weighted by atomic mass is 10.1. The van der Waals surface area contributed by atoms with Crippen LogP contribution >= 0.6 is 23.4 Å². The lowest BCUT2D eigenvalue weighted by molar-refractivity contribution is -0.0503. The Morgan fingerprint density at radius 3 is 2.52 bits per heavy atom. The third kappa shape index (κ3) is 8.97. The zero-order chi connectivity index (χ0) is 29.6. The van der Waals surface area contributed by atoms with E-state index in [-0.39, 0.29) is 23.5 Å². The van der Waals surface area contributed by atoms with Crippen LogP contribution in [-0.2, 0) is 31.6 Å². The summed E-state index contributed by atoms with van der Waals surface area (Å²) in [6, 6.07) is 0. The first kappa shape index (κ1) is 32.5. The molecule has 1 aliphatic heterocycles. The molecule has 0 aliphatic carbocycles. The summed E-state index contributed by atoms with van der Waals surface area (Å²) in [7, 11) is -16.0. The zero-order valence-electron chi connectivity index (χ0n) is 20.6. The fraction of sp³-hybridized carbons (Fsp3) is 0.688. The number of hydrogen-bond donors (Lipinski definition) is 7. The second-order valence-corrected chi connectivity index (χ2v) is 13.1. The Hall–Kier alpha value is -2.05. The molecule has 0 aromatic carbocycles. The van der Waals surface area contributed by atoms with E-state index < -0.39 is 54.5 Å². The van der Waals surface area contributed by atoms with Crippen molar-refractivity contribution in [1.29, 1.82) is 0 Å². The Morgan fingerprint density at radius 2 is 1.80 bits per heavy atom. The maximum atomic E-state index is 12.2. The number of imidazole rings is 1. The molecule has 0 spiro atoms. The number of phosphoric ester groups is 1. The largest absolute Gasteiger partial charge is 0.489 e. The molecule has 0 saturated carbocycles. The number of unbranched alkanes of at least 4 members (excludes halogenated alkanes) is 3. The summed E-state index contributed by atoms with van der Waals surface area (Å²) in [5.74, 6) is 0.0483. The Balaban J connectivity index is 1.50.